The van der Waals surface area contributed by atoms with E-state index in [0.29, 0.717) is 6.54 Å². The van der Waals surface area contributed by atoms with Crippen molar-refractivity contribution in [2.45, 2.75) is 0 Å². The molecule has 0 rings (SSSR count). The number of thiol groups is 1. The summed E-state index contributed by atoms with van der Waals surface area (Å²) in [5.74, 6) is 0.792. The molecule has 5 heavy (non-hydrogen) atoms. The lowest BCUT2D eigenvalue weighted by Crippen LogP contribution is -1.97. The van der Waals surface area contributed by atoms with Gasteiger partial charge in [-0.05, 0) is 0 Å². The summed E-state index contributed by atoms with van der Waals surface area (Å²) in [5, 5.41) is 0. The first-order valence-corrected chi connectivity index (χ1v) is 1.86. The molecule has 0 spiro atoms. The molecule has 0 aliphatic rings. The van der Waals surface area contributed by atoms with Crippen LogP contribution < -0.4 is 5.73 Å². The molecular weight excluding hydrogens is 197 g/mol. The van der Waals surface area contributed by atoms with Crippen molar-refractivity contribution in [1.82, 2.24) is 0 Å². The molecule has 0 amide bonds. The molecule has 1 nitrogen and oxygen atoms in total. The fourth-order valence-corrected chi connectivity index (χ4v) is 0. The summed E-state index contributed by atoms with van der Waals surface area (Å²) in [5.41, 5.74) is 4.95. The number of halogens is 1. The van der Waals surface area contributed by atoms with Gasteiger partial charge in [-0.3, -0.25) is 0 Å². The Morgan fingerprint density at radius 3 is 1.80 bits per heavy atom. The maximum absolute atomic E-state index is 4.95. The maximum Gasteiger partial charge on any atom is 0.00255 e. The van der Waals surface area contributed by atoms with Gasteiger partial charge >= 0.3 is 0 Å². The van der Waals surface area contributed by atoms with Crippen LogP contribution in [0.5, 0.6) is 0 Å². The van der Waals surface area contributed by atoms with Crippen LogP contribution in [-0.2, 0) is 0 Å². The van der Waals surface area contributed by atoms with Crippen LogP contribution in [0, 0.1) is 0 Å². The first-order valence-electron chi connectivity index (χ1n) is 1.22. The fourth-order valence-electron chi connectivity index (χ4n) is 0. The Hall–Kier alpha value is 1.04. The highest BCUT2D eigenvalue weighted by Crippen LogP contribution is 1.58. The highest BCUT2D eigenvalue weighted by molar-refractivity contribution is 14.0. The molecule has 2 N–H and O–H groups in total. The van der Waals surface area contributed by atoms with Crippen molar-refractivity contribution < 1.29 is 0 Å². The van der Waals surface area contributed by atoms with Gasteiger partial charge in [-0.25, -0.2) is 0 Å². The monoisotopic (exact) mass is 205 g/mol. The summed E-state index contributed by atoms with van der Waals surface area (Å²) in [6.07, 6.45) is 0. The van der Waals surface area contributed by atoms with E-state index in [0.717, 1.165) is 5.75 Å². The summed E-state index contributed by atoms with van der Waals surface area (Å²) in [4.78, 5) is 0. The maximum atomic E-state index is 4.95. The summed E-state index contributed by atoms with van der Waals surface area (Å²) >= 11 is 3.80. The van der Waals surface area contributed by atoms with Crippen LogP contribution >= 0.6 is 36.6 Å². The zero-order chi connectivity index (χ0) is 3.41. The minimum atomic E-state index is 0. The molecule has 0 unspecified atom stereocenters. The second-order valence-corrected chi connectivity index (χ2v) is 0.959. The van der Waals surface area contributed by atoms with Gasteiger partial charge in [0.25, 0.3) is 0 Å². The van der Waals surface area contributed by atoms with Crippen LogP contribution in [0.3, 0.4) is 0 Å². The van der Waals surface area contributed by atoms with Gasteiger partial charge in [0.05, 0.1) is 0 Å². The molecule has 0 saturated carbocycles. The first kappa shape index (κ1) is 9.40. The Bertz CT molecular complexity index is 11.6. The number of nitrogens with two attached hydrogens (primary N) is 1. The minimum absolute atomic E-state index is 0. The van der Waals surface area contributed by atoms with E-state index in [1.807, 2.05) is 0 Å². The van der Waals surface area contributed by atoms with Crippen LogP contribution in [0.1, 0.15) is 0 Å². The number of rotatable bonds is 1. The molecule has 0 aliphatic carbocycles. The molecule has 0 fully saturated rings. The zero-order valence-corrected chi connectivity index (χ0v) is 6.07. The Kier molecular flexibility index (Phi) is 16.7. The van der Waals surface area contributed by atoms with Crippen LogP contribution in [0.2, 0.25) is 0 Å². The minimum Gasteiger partial charge on any atom is -0.330 e. The molecule has 0 aliphatic heterocycles. The van der Waals surface area contributed by atoms with Gasteiger partial charge in [0.2, 0.25) is 0 Å². The third-order valence-corrected chi connectivity index (χ3v) is 0.387. The van der Waals surface area contributed by atoms with E-state index < -0.39 is 0 Å². The van der Waals surface area contributed by atoms with Crippen molar-refractivity contribution in [2.75, 3.05) is 12.3 Å². The van der Waals surface area contributed by atoms with Gasteiger partial charge in [0.15, 0.2) is 0 Å². The average molecular weight is 205 g/mol. The highest BCUT2D eigenvalue weighted by atomic mass is 127. The van der Waals surface area contributed by atoms with E-state index >= 15 is 0 Å². The Morgan fingerprint density at radius 1 is 1.60 bits per heavy atom. The van der Waals surface area contributed by atoms with Gasteiger partial charge in [-0.1, -0.05) is 0 Å². The molecule has 0 heterocycles. The molecule has 0 radical (unpaired) electrons. The highest BCUT2D eigenvalue weighted by Gasteiger charge is 1.56. The molecule has 0 bridgehead atoms. The fraction of sp³-hybridized carbons (Fsp3) is 1.00. The smallest absolute Gasteiger partial charge is 0.00255 e. The van der Waals surface area contributed by atoms with Crippen LogP contribution in [0.15, 0.2) is 0 Å². The van der Waals surface area contributed by atoms with Crippen molar-refractivity contribution in [1.29, 1.82) is 0 Å². The van der Waals surface area contributed by atoms with Gasteiger partial charge < -0.3 is 5.73 Å². The van der Waals surface area contributed by atoms with E-state index in [-0.39, 0.29) is 24.0 Å². The Morgan fingerprint density at radius 2 is 1.80 bits per heavy atom. The molecule has 0 saturated heterocycles. The van der Waals surface area contributed by atoms with Crippen LogP contribution in [0.4, 0.5) is 0 Å². The predicted octanol–water partition coefficient (Wildman–Crippen LogP) is 0.493. The Balaban J connectivity index is 0. The molecular formula is C2H8INS. The normalized spacial score (nSPS) is 6.00. The molecule has 0 aromatic heterocycles. The van der Waals surface area contributed by atoms with E-state index in [9.17, 15) is 0 Å². The van der Waals surface area contributed by atoms with Crippen molar-refractivity contribution in [2.24, 2.45) is 5.73 Å². The lowest BCUT2D eigenvalue weighted by molar-refractivity contribution is 1.16. The second-order valence-electron chi connectivity index (χ2n) is 0.512. The van der Waals surface area contributed by atoms with E-state index in [1.54, 1.807) is 0 Å². The summed E-state index contributed by atoms with van der Waals surface area (Å²) in [7, 11) is 0. The third-order valence-electron chi connectivity index (χ3n) is 0.129. The molecule has 3 heteroatoms. The average Bonchev–Trinajstić information content (AvgIpc) is 1.37. The lowest BCUT2D eigenvalue weighted by Gasteiger charge is -1.69. The topological polar surface area (TPSA) is 26.0 Å². The number of hydrogen-bond acceptors (Lipinski definition) is 2. The zero-order valence-electron chi connectivity index (χ0n) is 2.85. The molecule has 0 aromatic rings. The summed E-state index contributed by atoms with van der Waals surface area (Å²) in [6.45, 7) is 0.684. The lowest BCUT2D eigenvalue weighted by atomic mass is 10.8. The Labute approximate surface area is 54.7 Å². The van der Waals surface area contributed by atoms with Crippen molar-refractivity contribution in [3.63, 3.8) is 0 Å². The van der Waals surface area contributed by atoms with Crippen molar-refractivity contribution in [3.05, 3.63) is 0 Å². The number of hydrogen-bond donors (Lipinski definition) is 2. The van der Waals surface area contributed by atoms with E-state index in [4.69, 9.17) is 5.73 Å². The van der Waals surface area contributed by atoms with Gasteiger partial charge in [-0.2, -0.15) is 12.6 Å². The standard InChI is InChI=1S/C2H7NS.HI/c3-1-2-4;/h4H,1-3H2;1H. The molecule has 0 atom stereocenters. The summed E-state index contributed by atoms with van der Waals surface area (Å²) in [6, 6.07) is 0. The summed E-state index contributed by atoms with van der Waals surface area (Å²) < 4.78 is 0. The van der Waals surface area contributed by atoms with Gasteiger partial charge in [-0.15, -0.1) is 24.0 Å². The predicted molar refractivity (Wildman–Crippen MR) is 38.3 cm³/mol. The van der Waals surface area contributed by atoms with Crippen LogP contribution in [-0.4, -0.2) is 12.3 Å². The third kappa shape index (κ3) is 11.2. The SMILES string of the molecule is I.NCCS. The molecule has 34 valence electrons. The van der Waals surface area contributed by atoms with E-state index in [1.165, 1.54) is 0 Å². The first-order chi connectivity index (χ1) is 1.91. The second kappa shape index (κ2) is 8.90. The van der Waals surface area contributed by atoms with Crippen LogP contribution in [0.25, 0.3) is 0 Å². The van der Waals surface area contributed by atoms with E-state index in [2.05, 4.69) is 12.6 Å². The van der Waals surface area contributed by atoms with Gasteiger partial charge in [0.1, 0.15) is 0 Å². The van der Waals surface area contributed by atoms with Crippen molar-refractivity contribution in [3.8, 4) is 0 Å². The van der Waals surface area contributed by atoms with Crippen molar-refractivity contribution >= 4 is 36.6 Å². The van der Waals surface area contributed by atoms with Gasteiger partial charge in [0, 0.05) is 12.3 Å². The quantitative estimate of drug-likeness (QED) is 0.473. The largest absolute Gasteiger partial charge is 0.330 e. The molecule has 0 aromatic carbocycles.